The molecule has 1 aliphatic carbocycles. The number of ether oxygens (including phenoxy) is 1. The fourth-order valence-corrected chi connectivity index (χ4v) is 4.09. The molecular formula is C17H23Cl2NO. The summed E-state index contributed by atoms with van der Waals surface area (Å²) in [6.45, 7) is 2.26. The molecule has 3 rings (SSSR count). The monoisotopic (exact) mass is 327 g/mol. The van der Waals surface area contributed by atoms with E-state index in [0.29, 0.717) is 21.7 Å². The molecule has 1 saturated carbocycles. The molecule has 0 amide bonds. The number of rotatable bonds is 4. The van der Waals surface area contributed by atoms with Gasteiger partial charge in [0.1, 0.15) is 0 Å². The van der Waals surface area contributed by atoms with Crippen LogP contribution in [0.2, 0.25) is 10.0 Å². The van der Waals surface area contributed by atoms with Crippen LogP contribution >= 0.6 is 23.2 Å². The van der Waals surface area contributed by atoms with Crippen molar-refractivity contribution in [2.24, 2.45) is 5.92 Å². The first-order valence-electron chi connectivity index (χ1n) is 8.10. The van der Waals surface area contributed by atoms with E-state index in [1.165, 1.54) is 44.9 Å². The Labute approximate surface area is 137 Å². The number of para-hydroxylation sites is 1. The van der Waals surface area contributed by atoms with Crippen molar-refractivity contribution in [1.82, 2.24) is 4.90 Å². The Balaban J connectivity index is 1.80. The largest absolute Gasteiger partial charge is 0.472 e. The summed E-state index contributed by atoms with van der Waals surface area (Å²) in [4.78, 5) is 2.48. The third-order valence-electron chi connectivity index (χ3n) is 4.71. The van der Waals surface area contributed by atoms with E-state index in [4.69, 9.17) is 27.9 Å². The third kappa shape index (κ3) is 3.67. The van der Waals surface area contributed by atoms with Crippen molar-refractivity contribution >= 4 is 23.2 Å². The van der Waals surface area contributed by atoms with E-state index in [1.54, 1.807) is 0 Å². The highest BCUT2D eigenvalue weighted by molar-refractivity contribution is 6.37. The second-order valence-electron chi connectivity index (χ2n) is 6.20. The van der Waals surface area contributed by atoms with Crippen LogP contribution in [-0.4, -0.2) is 24.2 Å². The van der Waals surface area contributed by atoms with E-state index in [-0.39, 0.29) is 6.23 Å². The van der Waals surface area contributed by atoms with Gasteiger partial charge in [-0.25, -0.2) is 0 Å². The van der Waals surface area contributed by atoms with Crippen molar-refractivity contribution in [3.05, 3.63) is 28.2 Å². The lowest BCUT2D eigenvalue weighted by atomic mass is 9.87. The van der Waals surface area contributed by atoms with Crippen molar-refractivity contribution in [1.29, 1.82) is 0 Å². The smallest absolute Gasteiger partial charge is 0.158 e. The van der Waals surface area contributed by atoms with Gasteiger partial charge in [0.25, 0.3) is 0 Å². The maximum Gasteiger partial charge on any atom is 0.158 e. The van der Waals surface area contributed by atoms with Gasteiger partial charge in [0.2, 0.25) is 0 Å². The molecule has 0 bridgehead atoms. The molecule has 0 unspecified atom stereocenters. The molecule has 0 spiro atoms. The van der Waals surface area contributed by atoms with Crippen LogP contribution < -0.4 is 4.74 Å². The van der Waals surface area contributed by atoms with Crippen LogP contribution in [0.25, 0.3) is 0 Å². The Bertz CT molecular complexity index is 448. The normalized spacial score (nSPS) is 22.4. The van der Waals surface area contributed by atoms with Crippen LogP contribution in [0.15, 0.2) is 18.2 Å². The van der Waals surface area contributed by atoms with E-state index in [9.17, 15) is 0 Å². The van der Waals surface area contributed by atoms with Crippen molar-refractivity contribution in [3.63, 3.8) is 0 Å². The average molecular weight is 328 g/mol. The molecule has 116 valence electrons. The lowest BCUT2D eigenvalue weighted by Gasteiger charge is -2.36. The average Bonchev–Trinajstić information content (AvgIpc) is 3.02. The van der Waals surface area contributed by atoms with E-state index < -0.39 is 0 Å². The predicted molar refractivity (Wildman–Crippen MR) is 88.3 cm³/mol. The molecule has 4 heteroatoms. The molecule has 1 aromatic rings. The van der Waals surface area contributed by atoms with Crippen LogP contribution in [0.3, 0.4) is 0 Å². The molecule has 21 heavy (non-hydrogen) atoms. The van der Waals surface area contributed by atoms with Crippen LogP contribution in [0.5, 0.6) is 5.75 Å². The van der Waals surface area contributed by atoms with E-state index in [2.05, 4.69) is 4.90 Å². The zero-order valence-corrected chi connectivity index (χ0v) is 13.9. The van der Waals surface area contributed by atoms with E-state index >= 15 is 0 Å². The molecule has 0 radical (unpaired) electrons. The van der Waals surface area contributed by atoms with Crippen molar-refractivity contribution in [2.75, 3.05) is 13.1 Å². The van der Waals surface area contributed by atoms with Crippen molar-refractivity contribution < 1.29 is 4.74 Å². The summed E-state index contributed by atoms with van der Waals surface area (Å²) in [5, 5.41) is 1.23. The first kappa shape index (κ1) is 15.5. The standard InChI is InChI=1S/C17H23Cl2NO/c18-14-9-6-10-15(19)16(14)21-17(20-11-4-5-12-20)13-7-2-1-3-8-13/h6,9-10,13,17H,1-5,7-8,11-12H2/t17-/m0/s1. The van der Waals surface area contributed by atoms with E-state index in [1.807, 2.05) is 18.2 Å². The number of hydrogen-bond acceptors (Lipinski definition) is 2. The Kier molecular flexibility index (Phi) is 5.31. The number of benzene rings is 1. The maximum absolute atomic E-state index is 6.36. The summed E-state index contributed by atoms with van der Waals surface area (Å²) in [5.41, 5.74) is 0. The van der Waals surface area contributed by atoms with Gasteiger partial charge in [0.15, 0.2) is 12.0 Å². The highest BCUT2D eigenvalue weighted by Gasteiger charge is 2.32. The van der Waals surface area contributed by atoms with Crippen LogP contribution in [0.4, 0.5) is 0 Å². The van der Waals surface area contributed by atoms with Crippen molar-refractivity contribution in [2.45, 2.75) is 51.2 Å². The summed E-state index contributed by atoms with van der Waals surface area (Å²) >= 11 is 12.6. The van der Waals surface area contributed by atoms with Gasteiger partial charge < -0.3 is 4.74 Å². The molecule has 1 saturated heterocycles. The Morgan fingerprint density at radius 1 is 0.952 bits per heavy atom. The maximum atomic E-state index is 6.36. The highest BCUT2D eigenvalue weighted by atomic mass is 35.5. The van der Waals surface area contributed by atoms with Gasteiger partial charge in [-0.05, 0) is 37.8 Å². The van der Waals surface area contributed by atoms with Gasteiger partial charge in [0.05, 0.1) is 10.0 Å². The highest BCUT2D eigenvalue weighted by Crippen LogP contribution is 2.37. The first-order chi connectivity index (χ1) is 10.3. The Hall–Kier alpha value is -0.440. The zero-order chi connectivity index (χ0) is 14.7. The third-order valence-corrected chi connectivity index (χ3v) is 5.31. The lowest BCUT2D eigenvalue weighted by Crippen LogP contribution is -2.44. The second kappa shape index (κ2) is 7.21. The first-order valence-corrected chi connectivity index (χ1v) is 8.86. The summed E-state index contributed by atoms with van der Waals surface area (Å²) < 4.78 is 6.36. The minimum Gasteiger partial charge on any atom is -0.472 e. The molecule has 2 fully saturated rings. The second-order valence-corrected chi connectivity index (χ2v) is 7.01. The van der Waals surface area contributed by atoms with E-state index in [0.717, 1.165) is 13.1 Å². The fraction of sp³-hybridized carbons (Fsp3) is 0.647. The quantitative estimate of drug-likeness (QED) is 0.736. The fourth-order valence-electron chi connectivity index (χ4n) is 3.60. The summed E-state index contributed by atoms with van der Waals surface area (Å²) in [5.74, 6) is 1.26. The van der Waals surface area contributed by atoms with Gasteiger partial charge in [-0.1, -0.05) is 48.5 Å². The van der Waals surface area contributed by atoms with Crippen molar-refractivity contribution in [3.8, 4) is 5.75 Å². The molecular weight excluding hydrogens is 305 g/mol. The van der Waals surface area contributed by atoms with Gasteiger partial charge in [0, 0.05) is 19.0 Å². The van der Waals surface area contributed by atoms with Crippen LogP contribution in [0, 0.1) is 5.92 Å². The number of halogens is 2. The summed E-state index contributed by atoms with van der Waals surface area (Å²) in [6, 6.07) is 5.57. The molecule has 1 heterocycles. The molecule has 2 aliphatic rings. The predicted octanol–water partition coefficient (Wildman–Crippen LogP) is 5.37. The number of likely N-dealkylation sites (tertiary alicyclic amines) is 1. The molecule has 1 atom stereocenters. The number of nitrogens with zero attached hydrogens (tertiary/aromatic N) is 1. The lowest BCUT2D eigenvalue weighted by molar-refractivity contribution is -0.0175. The van der Waals surface area contributed by atoms with Gasteiger partial charge in [-0.15, -0.1) is 0 Å². The van der Waals surface area contributed by atoms with Gasteiger partial charge >= 0.3 is 0 Å². The molecule has 2 nitrogen and oxygen atoms in total. The molecule has 0 aromatic heterocycles. The van der Waals surface area contributed by atoms with Crippen LogP contribution in [-0.2, 0) is 0 Å². The molecule has 0 N–H and O–H groups in total. The van der Waals surface area contributed by atoms with Gasteiger partial charge in [-0.2, -0.15) is 0 Å². The zero-order valence-electron chi connectivity index (χ0n) is 12.4. The molecule has 1 aromatic carbocycles. The summed E-state index contributed by atoms with van der Waals surface area (Å²) in [6.07, 6.45) is 9.16. The molecule has 1 aliphatic heterocycles. The minimum absolute atomic E-state index is 0.130. The SMILES string of the molecule is Clc1cccc(Cl)c1O[C@@H](C1CCCCC1)N1CCCC1. The van der Waals surface area contributed by atoms with Gasteiger partial charge in [-0.3, -0.25) is 4.90 Å². The summed E-state index contributed by atoms with van der Waals surface area (Å²) in [7, 11) is 0. The number of hydrogen-bond donors (Lipinski definition) is 0. The Morgan fingerprint density at radius 3 is 2.19 bits per heavy atom. The topological polar surface area (TPSA) is 12.5 Å². The van der Waals surface area contributed by atoms with Crippen LogP contribution in [0.1, 0.15) is 44.9 Å². The Morgan fingerprint density at radius 2 is 1.57 bits per heavy atom. The minimum atomic E-state index is 0.130.